The molecule has 0 saturated carbocycles. The van der Waals surface area contributed by atoms with Gasteiger partial charge in [-0.15, -0.1) is 0 Å². The first-order valence-electron chi connectivity index (χ1n) is 4.40. The molecule has 0 aliphatic heterocycles. The van der Waals surface area contributed by atoms with Crippen LogP contribution in [0.4, 0.5) is 13.2 Å². The topological polar surface area (TPSA) is 83.5 Å². The molecule has 0 heterocycles. The fourth-order valence-electron chi connectivity index (χ4n) is 1.08. The molecule has 0 aromatic heterocycles. The summed E-state index contributed by atoms with van der Waals surface area (Å²) in [5, 5.41) is 0. The third-order valence-electron chi connectivity index (χ3n) is 1.74. The standard InChI is InChI=1S/C9H7F3O5S.Li/c10-9(11,12)5-17-8(13)6-3-1-2-4-7(6)18(14,15)16;/h1-4H,5H2,(H,14,15,16);/q;+1/p-1. The zero-order valence-electron chi connectivity index (χ0n) is 9.60. The second-order valence-corrected chi connectivity index (χ2v) is 4.49. The van der Waals surface area contributed by atoms with Gasteiger partial charge in [0.15, 0.2) is 6.61 Å². The van der Waals surface area contributed by atoms with Gasteiger partial charge in [-0.05, 0) is 12.1 Å². The van der Waals surface area contributed by atoms with Crippen LogP contribution < -0.4 is 18.9 Å². The van der Waals surface area contributed by atoms with Crippen LogP contribution in [0.15, 0.2) is 29.2 Å². The van der Waals surface area contributed by atoms with E-state index in [0.29, 0.717) is 0 Å². The van der Waals surface area contributed by atoms with Crippen molar-refractivity contribution in [3.63, 3.8) is 0 Å². The number of halogens is 3. The van der Waals surface area contributed by atoms with Gasteiger partial charge in [0.2, 0.25) is 0 Å². The number of esters is 1. The van der Waals surface area contributed by atoms with Crippen LogP contribution in [0.3, 0.4) is 0 Å². The minimum atomic E-state index is -4.96. The van der Waals surface area contributed by atoms with Crippen molar-refractivity contribution in [2.75, 3.05) is 6.61 Å². The molecular formula is C9H6F3LiO5S. The van der Waals surface area contributed by atoms with Crippen LogP contribution in [0, 0.1) is 0 Å². The third-order valence-corrected chi connectivity index (χ3v) is 2.64. The van der Waals surface area contributed by atoms with E-state index in [0.717, 1.165) is 18.2 Å². The Balaban J connectivity index is 0.00000324. The van der Waals surface area contributed by atoms with Crippen molar-refractivity contribution in [3.05, 3.63) is 29.8 Å². The second-order valence-electron chi connectivity index (χ2n) is 3.14. The molecule has 19 heavy (non-hydrogen) atoms. The van der Waals surface area contributed by atoms with Crippen molar-refractivity contribution in [2.24, 2.45) is 0 Å². The minimum Gasteiger partial charge on any atom is -0.744 e. The summed E-state index contributed by atoms with van der Waals surface area (Å²) in [6, 6.07) is 4.06. The predicted molar refractivity (Wildman–Crippen MR) is 50.7 cm³/mol. The molecule has 0 amide bonds. The Bertz CT molecular complexity index is 555. The predicted octanol–water partition coefficient (Wildman–Crippen LogP) is -1.69. The largest absolute Gasteiger partial charge is 1.00 e. The van der Waals surface area contributed by atoms with E-state index in [2.05, 4.69) is 4.74 Å². The van der Waals surface area contributed by atoms with Gasteiger partial charge in [0, 0.05) is 0 Å². The molecule has 10 heteroatoms. The van der Waals surface area contributed by atoms with E-state index < -0.39 is 39.3 Å². The molecule has 1 aromatic carbocycles. The molecule has 0 N–H and O–H groups in total. The van der Waals surface area contributed by atoms with Gasteiger partial charge in [-0.25, -0.2) is 13.2 Å². The number of carbonyl (C=O) groups is 1. The first kappa shape index (κ1) is 18.0. The van der Waals surface area contributed by atoms with Crippen LogP contribution in [0.2, 0.25) is 0 Å². The zero-order valence-corrected chi connectivity index (χ0v) is 10.4. The number of hydrogen-bond donors (Lipinski definition) is 0. The van der Waals surface area contributed by atoms with Gasteiger partial charge >= 0.3 is 31.0 Å². The molecule has 0 saturated heterocycles. The number of alkyl halides is 3. The molecular weight excluding hydrogens is 284 g/mol. The van der Waals surface area contributed by atoms with Crippen LogP contribution in [0.1, 0.15) is 10.4 Å². The average molecular weight is 290 g/mol. The normalized spacial score (nSPS) is 11.6. The van der Waals surface area contributed by atoms with E-state index in [1.165, 1.54) is 6.07 Å². The maximum Gasteiger partial charge on any atom is 1.00 e. The molecule has 100 valence electrons. The maximum atomic E-state index is 11.8. The maximum absolute atomic E-state index is 11.8. The van der Waals surface area contributed by atoms with Crippen LogP contribution in [-0.4, -0.2) is 31.7 Å². The molecule has 0 fully saturated rings. The van der Waals surface area contributed by atoms with Gasteiger partial charge < -0.3 is 9.29 Å². The van der Waals surface area contributed by atoms with Gasteiger partial charge in [-0.1, -0.05) is 12.1 Å². The van der Waals surface area contributed by atoms with Gasteiger partial charge in [0.05, 0.1) is 10.5 Å². The average Bonchev–Trinajstić information content (AvgIpc) is 2.24. The monoisotopic (exact) mass is 290 g/mol. The SMILES string of the molecule is O=C(OCC(F)(F)F)c1ccccc1S(=O)(=O)[O-].[Li+]. The second kappa shape index (κ2) is 6.43. The summed E-state index contributed by atoms with van der Waals surface area (Å²) in [7, 11) is -4.96. The number of hydrogen-bond acceptors (Lipinski definition) is 5. The minimum absolute atomic E-state index is 0. The Morgan fingerprint density at radius 1 is 1.26 bits per heavy atom. The Kier molecular flexibility index (Phi) is 6.09. The molecule has 0 spiro atoms. The summed E-state index contributed by atoms with van der Waals surface area (Å²) >= 11 is 0. The van der Waals surface area contributed by atoms with E-state index in [-0.39, 0.29) is 18.9 Å². The van der Waals surface area contributed by atoms with Gasteiger partial charge in [0.1, 0.15) is 10.1 Å². The van der Waals surface area contributed by atoms with Gasteiger partial charge in [0.25, 0.3) is 0 Å². The first-order valence-corrected chi connectivity index (χ1v) is 5.81. The molecule has 0 aliphatic rings. The molecule has 1 aromatic rings. The van der Waals surface area contributed by atoms with Gasteiger partial charge in [-0.2, -0.15) is 13.2 Å². The fourth-order valence-corrected chi connectivity index (χ4v) is 1.74. The van der Waals surface area contributed by atoms with Crippen LogP contribution >= 0.6 is 0 Å². The van der Waals surface area contributed by atoms with Crippen molar-refractivity contribution in [3.8, 4) is 0 Å². The van der Waals surface area contributed by atoms with Crippen LogP contribution in [0.25, 0.3) is 0 Å². The summed E-state index contributed by atoms with van der Waals surface area (Å²) in [6.45, 7) is -1.86. The van der Waals surface area contributed by atoms with E-state index >= 15 is 0 Å². The molecule has 0 atom stereocenters. The molecule has 0 radical (unpaired) electrons. The number of benzene rings is 1. The van der Waals surface area contributed by atoms with Crippen molar-refractivity contribution >= 4 is 16.1 Å². The summed E-state index contributed by atoms with van der Waals surface area (Å²) in [5.74, 6) is -1.53. The first-order chi connectivity index (χ1) is 8.11. The summed E-state index contributed by atoms with van der Waals surface area (Å²) in [4.78, 5) is 10.3. The molecule has 0 aliphatic carbocycles. The van der Waals surface area contributed by atoms with E-state index in [1.807, 2.05) is 0 Å². The van der Waals surface area contributed by atoms with Crippen LogP contribution in [-0.2, 0) is 14.9 Å². The van der Waals surface area contributed by atoms with Crippen molar-refractivity contribution in [1.29, 1.82) is 0 Å². The smallest absolute Gasteiger partial charge is 0.744 e. The van der Waals surface area contributed by atoms with E-state index in [1.54, 1.807) is 0 Å². The Hall–Kier alpha value is -1.01. The molecule has 0 unspecified atom stereocenters. The Morgan fingerprint density at radius 2 is 1.79 bits per heavy atom. The number of ether oxygens (including phenoxy) is 1. The quantitative estimate of drug-likeness (QED) is 0.377. The number of carbonyl (C=O) groups excluding carboxylic acids is 1. The third kappa shape index (κ3) is 5.65. The van der Waals surface area contributed by atoms with Crippen molar-refractivity contribution < 1.29 is 54.5 Å². The number of rotatable bonds is 3. The molecule has 1 rings (SSSR count). The molecule has 0 bridgehead atoms. The van der Waals surface area contributed by atoms with Crippen molar-refractivity contribution in [1.82, 2.24) is 0 Å². The Labute approximate surface area is 118 Å². The Morgan fingerprint density at radius 3 is 2.26 bits per heavy atom. The van der Waals surface area contributed by atoms with Crippen LogP contribution in [0.5, 0.6) is 0 Å². The summed E-state index contributed by atoms with van der Waals surface area (Å²) in [5.41, 5.74) is -0.725. The van der Waals surface area contributed by atoms with Gasteiger partial charge in [-0.3, -0.25) is 0 Å². The zero-order chi connectivity index (χ0) is 14.0. The van der Waals surface area contributed by atoms with E-state index in [9.17, 15) is 30.9 Å². The molecule has 5 nitrogen and oxygen atoms in total. The summed E-state index contributed by atoms with van der Waals surface area (Å²) in [6.07, 6.45) is -4.74. The van der Waals surface area contributed by atoms with E-state index in [4.69, 9.17) is 0 Å². The summed E-state index contributed by atoms with van der Waals surface area (Å²) < 4.78 is 71.6. The fraction of sp³-hybridized carbons (Fsp3) is 0.222. The van der Waals surface area contributed by atoms with Crippen molar-refractivity contribution in [2.45, 2.75) is 11.1 Å².